The summed E-state index contributed by atoms with van der Waals surface area (Å²) in [5.74, 6) is 1.67. The van der Waals surface area contributed by atoms with E-state index < -0.39 is 0 Å². The Hall–Kier alpha value is -2.17. The number of carbonyl (C=O) groups excluding carboxylic acids is 1. The highest BCUT2D eigenvalue weighted by molar-refractivity contribution is 5.79. The van der Waals surface area contributed by atoms with E-state index in [2.05, 4.69) is 32.4 Å². The summed E-state index contributed by atoms with van der Waals surface area (Å²) in [6, 6.07) is 4.42. The fourth-order valence-corrected chi connectivity index (χ4v) is 4.57. The average molecular weight is 352 g/mol. The van der Waals surface area contributed by atoms with Crippen LogP contribution in [0.4, 0.5) is 0 Å². The van der Waals surface area contributed by atoms with Gasteiger partial charge < -0.3 is 9.47 Å². The van der Waals surface area contributed by atoms with Gasteiger partial charge in [-0.15, -0.1) is 0 Å². The molecule has 3 heterocycles. The second-order valence-electron chi connectivity index (χ2n) is 7.73. The summed E-state index contributed by atoms with van der Waals surface area (Å²) >= 11 is 0. The molecule has 5 nitrogen and oxygen atoms in total. The number of amides is 1. The van der Waals surface area contributed by atoms with Crippen LogP contribution in [0.3, 0.4) is 0 Å². The van der Waals surface area contributed by atoms with Gasteiger partial charge in [-0.25, -0.2) is 4.98 Å². The third-order valence-electron chi connectivity index (χ3n) is 6.00. The number of piperidine rings is 1. The fourth-order valence-electron chi connectivity index (χ4n) is 4.57. The van der Waals surface area contributed by atoms with Gasteiger partial charge in [0.05, 0.1) is 0 Å². The van der Waals surface area contributed by atoms with E-state index in [1.807, 2.05) is 18.5 Å². The van der Waals surface area contributed by atoms with Gasteiger partial charge in [0, 0.05) is 54.9 Å². The topological polar surface area (TPSA) is 51.0 Å². The predicted octanol–water partition coefficient (Wildman–Crippen LogP) is 4.00. The second kappa shape index (κ2) is 7.60. The first-order valence-electron chi connectivity index (χ1n) is 9.97. The lowest BCUT2D eigenvalue weighted by Crippen LogP contribution is -2.42. The highest BCUT2D eigenvalue weighted by Gasteiger charge is 2.30. The SMILES string of the molecule is Cc1cnc(-c2cccnc2)n1C1CCN(C(=O)C2CCCCC2)CC1. The Labute approximate surface area is 155 Å². The van der Waals surface area contributed by atoms with E-state index in [-0.39, 0.29) is 5.92 Å². The summed E-state index contributed by atoms with van der Waals surface area (Å²) in [4.78, 5) is 23.8. The third-order valence-corrected chi connectivity index (χ3v) is 6.00. The van der Waals surface area contributed by atoms with Gasteiger partial charge in [0.1, 0.15) is 5.82 Å². The summed E-state index contributed by atoms with van der Waals surface area (Å²) in [6.07, 6.45) is 13.5. The fraction of sp³-hybridized carbons (Fsp3) is 0.571. The smallest absolute Gasteiger partial charge is 0.225 e. The molecule has 1 saturated heterocycles. The molecule has 1 aliphatic carbocycles. The van der Waals surface area contributed by atoms with Crippen LogP contribution in [0.2, 0.25) is 0 Å². The quantitative estimate of drug-likeness (QED) is 0.839. The maximum Gasteiger partial charge on any atom is 0.225 e. The van der Waals surface area contributed by atoms with Crippen LogP contribution in [0.15, 0.2) is 30.7 Å². The van der Waals surface area contributed by atoms with Crippen LogP contribution >= 0.6 is 0 Å². The zero-order valence-corrected chi connectivity index (χ0v) is 15.6. The second-order valence-corrected chi connectivity index (χ2v) is 7.73. The van der Waals surface area contributed by atoms with E-state index >= 15 is 0 Å². The van der Waals surface area contributed by atoms with E-state index in [9.17, 15) is 4.79 Å². The summed E-state index contributed by atoms with van der Waals surface area (Å²) in [5, 5.41) is 0. The normalized spacial score (nSPS) is 19.7. The maximum absolute atomic E-state index is 12.8. The molecule has 2 aliphatic rings. The molecule has 0 atom stereocenters. The van der Waals surface area contributed by atoms with E-state index in [0.717, 1.165) is 50.2 Å². The lowest BCUT2D eigenvalue weighted by atomic mass is 9.87. The Kier molecular flexibility index (Phi) is 5.05. The molecule has 0 aromatic carbocycles. The van der Waals surface area contributed by atoms with Crippen LogP contribution in [-0.4, -0.2) is 38.4 Å². The van der Waals surface area contributed by atoms with Gasteiger partial charge in [-0.1, -0.05) is 19.3 Å². The van der Waals surface area contributed by atoms with Gasteiger partial charge in [-0.2, -0.15) is 0 Å². The molecule has 1 saturated carbocycles. The van der Waals surface area contributed by atoms with Crippen LogP contribution in [0, 0.1) is 12.8 Å². The first-order chi connectivity index (χ1) is 12.7. The number of aryl methyl sites for hydroxylation is 1. The molecule has 1 aliphatic heterocycles. The number of pyridine rings is 1. The zero-order valence-electron chi connectivity index (χ0n) is 15.6. The molecule has 2 aromatic heterocycles. The molecule has 0 radical (unpaired) electrons. The summed E-state index contributed by atoms with van der Waals surface area (Å²) < 4.78 is 2.35. The lowest BCUT2D eigenvalue weighted by molar-refractivity contribution is -0.137. The van der Waals surface area contributed by atoms with Gasteiger partial charge in [-0.3, -0.25) is 9.78 Å². The van der Waals surface area contributed by atoms with Crippen LogP contribution in [0.5, 0.6) is 0 Å². The number of carbonyl (C=O) groups is 1. The summed E-state index contributed by atoms with van der Waals surface area (Å²) in [5.41, 5.74) is 2.24. The molecule has 5 heteroatoms. The Morgan fingerprint density at radius 2 is 1.85 bits per heavy atom. The number of aromatic nitrogens is 3. The molecule has 26 heavy (non-hydrogen) atoms. The van der Waals surface area contributed by atoms with Gasteiger partial charge in [0.15, 0.2) is 0 Å². The highest BCUT2D eigenvalue weighted by Crippen LogP contribution is 2.32. The van der Waals surface area contributed by atoms with Crippen molar-refractivity contribution in [3.8, 4) is 11.4 Å². The molecule has 1 amide bonds. The van der Waals surface area contributed by atoms with Crippen molar-refractivity contribution < 1.29 is 4.79 Å². The van der Waals surface area contributed by atoms with E-state index in [1.165, 1.54) is 25.0 Å². The Balaban J connectivity index is 1.45. The molecular formula is C21H28N4O. The van der Waals surface area contributed by atoms with Crippen molar-refractivity contribution in [1.82, 2.24) is 19.4 Å². The van der Waals surface area contributed by atoms with Crippen molar-refractivity contribution >= 4 is 5.91 Å². The molecule has 2 fully saturated rings. The van der Waals surface area contributed by atoms with Crippen LogP contribution in [0.1, 0.15) is 56.7 Å². The van der Waals surface area contributed by atoms with E-state index in [0.29, 0.717) is 11.9 Å². The van der Waals surface area contributed by atoms with Crippen molar-refractivity contribution in [1.29, 1.82) is 0 Å². The number of hydrogen-bond donors (Lipinski definition) is 0. The van der Waals surface area contributed by atoms with Crippen molar-refractivity contribution in [2.45, 2.75) is 57.9 Å². The van der Waals surface area contributed by atoms with E-state index in [1.54, 1.807) is 6.20 Å². The van der Waals surface area contributed by atoms with Crippen molar-refractivity contribution in [3.63, 3.8) is 0 Å². The molecule has 138 valence electrons. The largest absolute Gasteiger partial charge is 0.342 e. The third kappa shape index (κ3) is 3.39. The Morgan fingerprint density at radius 1 is 1.08 bits per heavy atom. The first kappa shape index (κ1) is 17.3. The van der Waals surface area contributed by atoms with Gasteiger partial charge in [0.2, 0.25) is 5.91 Å². The molecule has 0 spiro atoms. The molecule has 2 aromatic rings. The van der Waals surface area contributed by atoms with Crippen molar-refractivity contribution in [2.24, 2.45) is 5.92 Å². The number of imidazole rings is 1. The van der Waals surface area contributed by atoms with Crippen LogP contribution < -0.4 is 0 Å². The average Bonchev–Trinajstić information content (AvgIpc) is 3.10. The van der Waals surface area contributed by atoms with Crippen LogP contribution in [0.25, 0.3) is 11.4 Å². The molecule has 0 bridgehead atoms. The van der Waals surface area contributed by atoms with Crippen LogP contribution in [-0.2, 0) is 4.79 Å². The maximum atomic E-state index is 12.8. The number of nitrogens with zero attached hydrogens (tertiary/aromatic N) is 4. The number of rotatable bonds is 3. The van der Waals surface area contributed by atoms with E-state index in [4.69, 9.17) is 0 Å². The summed E-state index contributed by atoms with van der Waals surface area (Å²) in [7, 11) is 0. The Bertz CT molecular complexity index is 741. The minimum atomic E-state index is 0.279. The zero-order chi connectivity index (χ0) is 17.9. The monoisotopic (exact) mass is 352 g/mol. The van der Waals surface area contributed by atoms with Gasteiger partial charge in [0.25, 0.3) is 0 Å². The van der Waals surface area contributed by atoms with Gasteiger partial charge in [-0.05, 0) is 44.7 Å². The first-order valence-corrected chi connectivity index (χ1v) is 9.97. The number of likely N-dealkylation sites (tertiary alicyclic amines) is 1. The standard InChI is InChI=1S/C21H28N4O/c1-16-14-23-20(18-8-5-11-22-15-18)25(16)19-9-12-24(13-10-19)21(26)17-6-3-2-4-7-17/h5,8,11,14-15,17,19H,2-4,6-7,9-10,12-13H2,1H3. The molecule has 0 unspecified atom stereocenters. The molecular weight excluding hydrogens is 324 g/mol. The minimum absolute atomic E-state index is 0.279. The molecule has 0 N–H and O–H groups in total. The molecule has 4 rings (SSSR count). The van der Waals surface area contributed by atoms with Crippen molar-refractivity contribution in [2.75, 3.05) is 13.1 Å². The Morgan fingerprint density at radius 3 is 2.54 bits per heavy atom. The highest BCUT2D eigenvalue weighted by atomic mass is 16.2. The number of hydrogen-bond acceptors (Lipinski definition) is 3. The summed E-state index contributed by atoms with van der Waals surface area (Å²) in [6.45, 7) is 3.85. The lowest BCUT2D eigenvalue weighted by Gasteiger charge is -2.36. The predicted molar refractivity (Wildman–Crippen MR) is 102 cm³/mol. The van der Waals surface area contributed by atoms with Gasteiger partial charge >= 0.3 is 0 Å². The minimum Gasteiger partial charge on any atom is -0.342 e. The van der Waals surface area contributed by atoms with Crippen molar-refractivity contribution in [3.05, 3.63) is 36.4 Å².